The maximum absolute atomic E-state index is 13.6. The third kappa shape index (κ3) is 3.47. The molecule has 0 radical (unpaired) electrons. The highest BCUT2D eigenvalue weighted by molar-refractivity contribution is 9.10. The Balaban J connectivity index is 1.59. The Morgan fingerprint density at radius 3 is 2.75 bits per heavy atom. The fourth-order valence-electron chi connectivity index (χ4n) is 2.39. The van der Waals surface area contributed by atoms with Gasteiger partial charge in [-0.1, -0.05) is 40.2 Å². The molecule has 0 bridgehead atoms. The monoisotopic (exact) mass is 333 g/mol. The second-order valence-electron chi connectivity index (χ2n) is 5.36. The predicted molar refractivity (Wildman–Crippen MR) is 83.1 cm³/mol. The van der Waals surface area contributed by atoms with E-state index < -0.39 is 0 Å². The third-order valence-electron chi connectivity index (χ3n) is 3.65. The van der Waals surface area contributed by atoms with Crippen LogP contribution >= 0.6 is 15.9 Å². The Hall–Kier alpha value is -1.19. The minimum absolute atomic E-state index is 0.160. The van der Waals surface area contributed by atoms with Gasteiger partial charge < -0.3 is 5.32 Å². The fourth-order valence-corrected chi connectivity index (χ4v) is 2.80. The third-order valence-corrected chi connectivity index (χ3v) is 4.15. The molecule has 1 aliphatic rings. The maximum atomic E-state index is 13.6. The van der Waals surface area contributed by atoms with Crippen molar-refractivity contribution in [1.82, 2.24) is 5.32 Å². The van der Waals surface area contributed by atoms with Gasteiger partial charge in [0, 0.05) is 23.1 Å². The van der Waals surface area contributed by atoms with E-state index in [-0.39, 0.29) is 5.82 Å². The van der Waals surface area contributed by atoms with Crippen LogP contribution in [-0.2, 0) is 13.1 Å². The van der Waals surface area contributed by atoms with Gasteiger partial charge in [0.15, 0.2) is 0 Å². The van der Waals surface area contributed by atoms with E-state index in [1.165, 1.54) is 30.0 Å². The van der Waals surface area contributed by atoms with E-state index in [2.05, 4.69) is 45.5 Å². The summed E-state index contributed by atoms with van der Waals surface area (Å²) >= 11 is 3.37. The smallest absolute Gasteiger partial charge is 0.127 e. The van der Waals surface area contributed by atoms with Crippen molar-refractivity contribution in [3.63, 3.8) is 0 Å². The molecule has 0 aromatic heterocycles. The van der Waals surface area contributed by atoms with E-state index in [1.807, 2.05) is 6.07 Å². The van der Waals surface area contributed by atoms with Crippen molar-refractivity contribution >= 4 is 15.9 Å². The summed E-state index contributed by atoms with van der Waals surface area (Å²) in [7, 11) is 0. The van der Waals surface area contributed by atoms with Crippen LogP contribution in [0, 0.1) is 5.82 Å². The van der Waals surface area contributed by atoms with Crippen molar-refractivity contribution in [2.75, 3.05) is 0 Å². The summed E-state index contributed by atoms with van der Waals surface area (Å²) < 4.78 is 14.5. The van der Waals surface area contributed by atoms with Crippen LogP contribution in [0.1, 0.15) is 35.4 Å². The van der Waals surface area contributed by atoms with Crippen molar-refractivity contribution in [1.29, 1.82) is 0 Å². The van der Waals surface area contributed by atoms with Gasteiger partial charge in [0.1, 0.15) is 5.82 Å². The van der Waals surface area contributed by atoms with Gasteiger partial charge in [0.25, 0.3) is 0 Å². The first kappa shape index (κ1) is 13.8. The van der Waals surface area contributed by atoms with Gasteiger partial charge in [-0.05, 0) is 48.1 Å². The summed E-state index contributed by atoms with van der Waals surface area (Å²) in [6.45, 7) is 1.31. The molecule has 3 rings (SSSR count). The van der Waals surface area contributed by atoms with Gasteiger partial charge in [0.2, 0.25) is 0 Å². The largest absolute Gasteiger partial charge is 0.309 e. The molecule has 1 aliphatic carbocycles. The number of hydrogen-bond acceptors (Lipinski definition) is 1. The van der Waals surface area contributed by atoms with Crippen molar-refractivity contribution in [2.45, 2.75) is 31.8 Å². The zero-order valence-electron chi connectivity index (χ0n) is 11.2. The molecule has 0 atom stereocenters. The van der Waals surface area contributed by atoms with Gasteiger partial charge in [0.05, 0.1) is 0 Å². The van der Waals surface area contributed by atoms with Crippen LogP contribution < -0.4 is 5.32 Å². The Labute approximate surface area is 127 Å². The standard InChI is InChI=1S/C17H17BrFN/c18-16-6-7-17(19)15(9-16)11-20-10-12-2-1-3-14(8-12)13-4-5-13/h1-3,6-9,13,20H,4-5,10-11H2. The van der Waals surface area contributed by atoms with E-state index in [0.717, 1.165) is 16.9 Å². The maximum Gasteiger partial charge on any atom is 0.127 e. The van der Waals surface area contributed by atoms with E-state index >= 15 is 0 Å². The molecule has 2 aromatic carbocycles. The van der Waals surface area contributed by atoms with E-state index in [4.69, 9.17) is 0 Å². The molecule has 0 unspecified atom stereocenters. The van der Waals surface area contributed by atoms with Gasteiger partial charge in [-0.3, -0.25) is 0 Å². The normalized spacial score (nSPS) is 14.5. The average molecular weight is 334 g/mol. The van der Waals surface area contributed by atoms with Gasteiger partial charge in [-0.25, -0.2) is 4.39 Å². The van der Waals surface area contributed by atoms with Crippen molar-refractivity contribution in [3.8, 4) is 0 Å². The zero-order chi connectivity index (χ0) is 13.9. The first-order valence-electron chi connectivity index (χ1n) is 6.96. The topological polar surface area (TPSA) is 12.0 Å². The Morgan fingerprint density at radius 2 is 1.95 bits per heavy atom. The Bertz CT molecular complexity index is 608. The molecule has 1 fully saturated rings. The summed E-state index contributed by atoms with van der Waals surface area (Å²) in [5.41, 5.74) is 3.40. The van der Waals surface area contributed by atoms with Crippen LogP contribution in [0.25, 0.3) is 0 Å². The summed E-state index contributed by atoms with van der Waals surface area (Å²) in [5.74, 6) is 0.616. The summed E-state index contributed by atoms with van der Waals surface area (Å²) in [6, 6.07) is 13.7. The van der Waals surface area contributed by atoms with Crippen LogP contribution in [0.15, 0.2) is 46.9 Å². The molecule has 20 heavy (non-hydrogen) atoms. The molecule has 2 aromatic rings. The molecule has 3 heteroatoms. The number of halogens is 2. The Kier molecular flexibility index (Phi) is 4.18. The molecule has 104 valence electrons. The van der Waals surface area contributed by atoms with Crippen LogP contribution in [0.2, 0.25) is 0 Å². The van der Waals surface area contributed by atoms with Crippen LogP contribution in [0.3, 0.4) is 0 Å². The second-order valence-corrected chi connectivity index (χ2v) is 6.27. The second kappa shape index (κ2) is 6.06. The lowest BCUT2D eigenvalue weighted by Gasteiger charge is -2.08. The number of nitrogens with one attached hydrogen (secondary N) is 1. The number of rotatable bonds is 5. The fraction of sp³-hybridized carbons (Fsp3) is 0.294. The van der Waals surface area contributed by atoms with Gasteiger partial charge >= 0.3 is 0 Å². The highest BCUT2D eigenvalue weighted by Crippen LogP contribution is 2.40. The zero-order valence-corrected chi connectivity index (χ0v) is 12.8. The molecule has 0 aliphatic heterocycles. The number of hydrogen-bond donors (Lipinski definition) is 1. The molecule has 0 saturated heterocycles. The molecule has 1 saturated carbocycles. The SMILES string of the molecule is Fc1ccc(Br)cc1CNCc1cccc(C2CC2)c1. The Morgan fingerprint density at radius 1 is 1.10 bits per heavy atom. The molecule has 0 amide bonds. The highest BCUT2D eigenvalue weighted by atomic mass is 79.9. The van der Waals surface area contributed by atoms with Gasteiger partial charge in [-0.15, -0.1) is 0 Å². The minimum Gasteiger partial charge on any atom is -0.309 e. The lowest BCUT2D eigenvalue weighted by atomic mass is 10.1. The molecule has 0 spiro atoms. The molecule has 0 heterocycles. The molecule has 1 N–H and O–H groups in total. The quantitative estimate of drug-likeness (QED) is 0.832. The predicted octanol–water partition coefficient (Wildman–Crippen LogP) is 4.76. The van der Waals surface area contributed by atoms with Crippen molar-refractivity contribution < 1.29 is 4.39 Å². The van der Waals surface area contributed by atoms with E-state index in [9.17, 15) is 4.39 Å². The number of benzene rings is 2. The first-order chi connectivity index (χ1) is 9.72. The highest BCUT2D eigenvalue weighted by Gasteiger charge is 2.23. The summed E-state index contributed by atoms with van der Waals surface area (Å²) in [6.07, 6.45) is 2.64. The van der Waals surface area contributed by atoms with Crippen molar-refractivity contribution in [2.24, 2.45) is 0 Å². The average Bonchev–Trinajstić information content (AvgIpc) is 3.28. The lowest BCUT2D eigenvalue weighted by Crippen LogP contribution is -2.13. The van der Waals surface area contributed by atoms with E-state index in [0.29, 0.717) is 12.1 Å². The van der Waals surface area contributed by atoms with Crippen LogP contribution in [-0.4, -0.2) is 0 Å². The van der Waals surface area contributed by atoms with Crippen LogP contribution in [0.5, 0.6) is 0 Å². The van der Waals surface area contributed by atoms with E-state index in [1.54, 1.807) is 6.07 Å². The van der Waals surface area contributed by atoms with Crippen LogP contribution in [0.4, 0.5) is 4.39 Å². The molecule has 1 nitrogen and oxygen atoms in total. The van der Waals surface area contributed by atoms with Gasteiger partial charge in [-0.2, -0.15) is 0 Å². The lowest BCUT2D eigenvalue weighted by molar-refractivity contribution is 0.587. The first-order valence-corrected chi connectivity index (χ1v) is 7.75. The molecular weight excluding hydrogens is 317 g/mol. The summed E-state index contributed by atoms with van der Waals surface area (Å²) in [5, 5.41) is 3.31. The summed E-state index contributed by atoms with van der Waals surface area (Å²) in [4.78, 5) is 0. The minimum atomic E-state index is -0.160. The molecular formula is C17H17BrFN. The van der Waals surface area contributed by atoms with Crippen molar-refractivity contribution in [3.05, 3.63) is 69.4 Å².